The molecular weight excluding hydrogens is 436 g/mol. The molecule has 1 aliphatic heterocycles. The van der Waals surface area contributed by atoms with Crippen LogP contribution in [0.25, 0.3) is 10.9 Å². The van der Waals surface area contributed by atoms with Crippen molar-refractivity contribution < 1.29 is 9.59 Å². The van der Waals surface area contributed by atoms with E-state index in [0.717, 1.165) is 61.2 Å². The molecule has 2 heterocycles. The number of rotatable bonds is 7. The summed E-state index contributed by atoms with van der Waals surface area (Å²) in [6.45, 7) is 11.9. The first kappa shape index (κ1) is 25.2. The summed E-state index contributed by atoms with van der Waals surface area (Å²) in [5.74, 6) is 1.21. The summed E-state index contributed by atoms with van der Waals surface area (Å²) < 4.78 is 0. The molecule has 2 aromatic rings. The highest BCUT2D eigenvalue weighted by Gasteiger charge is 2.25. The highest BCUT2D eigenvalue weighted by molar-refractivity contribution is 5.83. The lowest BCUT2D eigenvalue weighted by atomic mass is 9.97. The largest absolute Gasteiger partial charge is 0.353 e. The van der Waals surface area contributed by atoms with Crippen LogP contribution < -0.4 is 4.90 Å². The van der Waals surface area contributed by atoms with Crippen molar-refractivity contribution in [3.63, 3.8) is 0 Å². The van der Waals surface area contributed by atoms with E-state index in [-0.39, 0.29) is 17.7 Å². The van der Waals surface area contributed by atoms with Crippen molar-refractivity contribution in [1.29, 1.82) is 0 Å². The number of piperazine rings is 1. The number of hydrogen-bond acceptors (Lipinski definition) is 4. The molecule has 0 atom stereocenters. The monoisotopic (exact) mass is 476 g/mol. The topological polar surface area (TPSA) is 56.8 Å². The number of benzene rings is 1. The molecule has 1 aliphatic carbocycles. The van der Waals surface area contributed by atoms with Crippen LogP contribution in [-0.2, 0) is 16.1 Å². The molecule has 0 unspecified atom stereocenters. The van der Waals surface area contributed by atoms with Crippen molar-refractivity contribution in [1.82, 2.24) is 14.8 Å². The normalized spacial score (nSPS) is 16.5. The number of amides is 2. The summed E-state index contributed by atoms with van der Waals surface area (Å²) in [5.41, 5.74) is 4.75. The maximum atomic E-state index is 13.3. The zero-order valence-corrected chi connectivity index (χ0v) is 21.8. The van der Waals surface area contributed by atoms with E-state index in [4.69, 9.17) is 4.98 Å². The number of nitrogens with zero attached hydrogens (tertiary/aromatic N) is 4. The number of anilines is 1. The third-order valence-electron chi connectivity index (χ3n) is 7.31. The molecular formula is C29H40N4O2. The average Bonchev–Trinajstić information content (AvgIpc) is 2.86. The second kappa shape index (κ2) is 11.2. The highest BCUT2D eigenvalue weighted by atomic mass is 16.2. The van der Waals surface area contributed by atoms with Crippen molar-refractivity contribution in [3.8, 4) is 0 Å². The molecule has 6 heteroatoms. The summed E-state index contributed by atoms with van der Waals surface area (Å²) in [7, 11) is 0. The van der Waals surface area contributed by atoms with Crippen molar-refractivity contribution in [2.75, 3.05) is 37.6 Å². The molecule has 1 fully saturated rings. The van der Waals surface area contributed by atoms with Gasteiger partial charge in [-0.2, -0.15) is 0 Å². The number of fused-ring (bicyclic) bond motifs is 1. The quantitative estimate of drug-likeness (QED) is 0.523. The fraction of sp³-hybridized carbons (Fsp3) is 0.552. The van der Waals surface area contributed by atoms with Gasteiger partial charge in [-0.25, -0.2) is 4.98 Å². The van der Waals surface area contributed by atoms with Gasteiger partial charge >= 0.3 is 0 Å². The minimum Gasteiger partial charge on any atom is -0.353 e. The summed E-state index contributed by atoms with van der Waals surface area (Å²) in [4.78, 5) is 36.4. The molecule has 188 valence electrons. The summed E-state index contributed by atoms with van der Waals surface area (Å²) in [6.07, 6.45) is 8.19. The minimum absolute atomic E-state index is 0.0476. The van der Waals surface area contributed by atoms with Crippen LogP contribution in [0.5, 0.6) is 0 Å². The smallest absolute Gasteiger partial charge is 0.225 e. The molecule has 0 bridgehead atoms. The summed E-state index contributed by atoms with van der Waals surface area (Å²) in [6, 6.07) is 8.57. The molecule has 0 saturated carbocycles. The number of aromatic nitrogens is 1. The molecule has 2 aliphatic rings. The summed E-state index contributed by atoms with van der Waals surface area (Å²) >= 11 is 0. The van der Waals surface area contributed by atoms with Crippen LogP contribution in [0.15, 0.2) is 35.9 Å². The van der Waals surface area contributed by atoms with Crippen LogP contribution in [0.3, 0.4) is 0 Å². The van der Waals surface area contributed by atoms with Gasteiger partial charge in [0.2, 0.25) is 11.8 Å². The van der Waals surface area contributed by atoms with Gasteiger partial charge in [0, 0.05) is 63.1 Å². The van der Waals surface area contributed by atoms with E-state index < -0.39 is 0 Å². The van der Waals surface area contributed by atoms with Gasteiger partial charge in [-0.05, 0) is 57.2 Å². The Morgan fingerprint density at radius 1 is 1.09 bits per heavy atom. The lowest BCUT2D eigenvalue weighted by Crippen LogP contribution is -2.48. The zero-order valence-electron chi connectivity index (χ0n) is 21.8. The third-order valence-corrected chi connectivity index (χ3v) is 7.31. The van der Waals surface area contributed by atoms with E-state index >= 15 is 0 Å². The fourth-order valence-electron chi connectivity index (χ4n) is 5.20. The first-order chi connectivity index (χ1) is 16.8. The van der Waals surface area contributed by atoms with Crippen LogP contribution in [0.2, 0.25) is 0 Å². The Bertz CT molecular complexity index is 1100. The molecule has 6 nitrogen and oxygen atoms in total. The number of pyridine rings is 1. The lowest BCUT2D eigenvalue weighted by molar-refractivity contribution is -0.135. The molecule has 2 amide bonds. The standard InChI is InChI=1S/C29H40N4O2/c1-21(2)29(35)33(13-12-24-8-6-5-7-9-24)20-26-19-25-18-22(3)10-11-27(25)30-28(26)32-16-14-31(15-17-32)23(4)34/h8,10-11,18-19,21H,5-7,9,12-17,20H2,1-4H3. The predicted octanol–water partition coefficient (Wildman–Crippen LogP) is 5.09. The van der Waals surface area contributed by atoms with Gasteiger partial charge in [-0.1, -0.05) is 37.1 Å². The molecule has 1 aromatic heterocycles. The predicted molar refractivity (Wildman–Crippen MR) is 142 cm³/mol. The van der Waals surface area contributed by atoms with E-state index in [1.807, 2.05) is 23.6 Å². The Hall–Kier alpha value is -2.89. The highest BCUT2D eigenvalue weighted by Crippen LogP contribution is 2.28. The third kappa shape index (κ3) is 6.22. The van der Waals surface area contributed by atoms with Gasteiger partial charge in [-0.15, -0.1) is 0 Å². The molecule has 35 heavy (non-hydrogen) atoms. The molecule has 1 aromatic carbocycles. The Labute approximate surface area is 210 Å². The maximum absolute atomic E-state index is 13.3. The molecule has 0 radical (unpaired) electrons. The van der Waals surface area contributed by atoms with E-state index in [1.54, 1.807) is 6.92 Å². The molecule has 1 saturated heterocycles. The van der Waals surface area contributed by atoms with Crippen molar-refractivity contribution in [2.45, 2.75) is 66.3 Å². The van der Waals surface area contributed by atoms with Crippen LogP contribution >= 0.6 is 0 Å². The molecule has 0 N–H and O–H groups in total. The van der Waals surface area contributed by atoms with E-state index in [9.17, 15) is 9.59 Å². The molecule has 0 spiro atoms. The van der Waals surface area contributed by atoms with Crippen LogP contribution in [-0.4, -0.2) is 59.3 Å². The number of hydrogen-bond donors (Lipinski definition) is 0. The first-order valence-corrected chi connectivity index (χ1v) is 13.2. The maximum Gasteiger partial charge on any atom is 0.225 e. The van der Waals surface area contributed by atoms with E-state index in [1.165, 1.54) is 24.0 Å². The van der Waals surface area contributed by atoms with Gasteiger partial charge in [0.15, 0.2) is 0 Å². The van der Waals surface area contributed by atoms with Crippen LogP contribution in [0, 0.1) is 12.8 Å². The second-order valence-corrected chi connectivity index (χ2v) is 10.4. The van der Waals surface area contributed by atoms with E-state index in [2.05, 4.69) is 42.2 Å². The minimum atomic E-state index is -0.0476. The Balaban J connectivity index is 1.64. The van der Waals surface area contributed by atoms with Crippen molar-refractivity contribution in [2.24, 2.45) is 5.92 Å². The Morgan fingerprint density at radius 2 is 1.86 bits per heavy atom. The Kier molecular flexibility index (Phi) is 8.09. The van der Waals surface area contributed by atoms with Gasteiger partial charge in [0.25, 0.3) is 0 Å². The summed E-state index contributed by atoms with van der Waals surface area (Å²) in [5, 5.41) is 1.11. The number of carbonyl (C=O) groups is 2. The van der Waals surface area contributed by atoms with Gasteiger partial charge < -0.3 is 14.7 Å². The average molecular weight is 477 g/mol. The van der Waals surface area contributed by atoms with Gasteiger partial charge in [0.05, 0.1) is 5.52 Å². The van der Waals surface area contributed by atoms with Gasteiger partial charge in [-0.3, -0.25) is 9.59 Å². The Morgan fingerprint density at radius 3 is 2.51 bits per heavy atom. The van der Waals surface area contributed by atoms with Crippen LogP contribution in [0.4, 0.5) is 5.82 Å². The second-order valence-electron chi connectivity index (χ2n) is 10.4. The van der Waals surface area contributed by atoms with E-state index in [0.29, 0.717) is 19.6 Å². The zero-order chi connectivity index (χ0) is 24.9. The van der Waals surface area contributed by atoms with Crippen molar-refractivity contribution >= 4 is 28.5 Å². The number of allylic oxidation sites excluding steroid dienone is 1. The first-order valence-electron chi connectivity index (χ1n) is 13.2. The fourth-order valence-corrected chi connectivity index (χ4v) is 5.20. The number of aryl methyl sites for hydroxylation is 1. The van der Waals surface area contributed by atoms with Crippen molar-refractivity contribution in [3.05, 3.63) is 47.0 Å². The van der Waals surface area contributed by atoms with Crippen LogP contribution in [0.1, 0.15) is 64.0 Å². The SMILES string of the molecule is CC(=O)N1CCN(c2nc3ccc(C)cc3cc2CN(CCC2=CCCCC2)C(=O)C(C)C)CC1. The number of carbonyl (C=O) groups excluding carboxylic acids is 2. The van der Waals surface area contributed by atoms with Gasteiger partial charge in [0.1, 0.15) is 5.82 Å². The lowest BCUT2D eigenvalue weighted by Gasteiger charge is -2.36. The molecule has 4 rings (SSSR count).